The number of nitrogens with zero attached hydrogens (tertiary/aromatic N) is 1. The number of carbonyl (C=O) groups is 1. The highest BCUT2D eigenvalue weighted by Gasteiger charge is 2.17. The first-order chi connectivity index (χ1) is 4.70. The molecule has 1 aliphatic heterocycles. The van der Waals surface area contributed by atoms with Crippen LogP contribution in [-0.2, 0) is 4.79 Å². The molecule has 10 heavy (non-hydrogen) atoms. The molecule has 0 aromatic rings. The third kappa shape index (κ3) is 1.72. The molecule has 1 aliphatic rings. The lowest BCUT2D eigenvalue weighted by molar-refractivity contribution is -0.128. The van der Waals surface area contributed by atoms with Gasteiger partial charge in [-0.15, -0.1) is 0 Å². The topological polar surface area (TPSA) is 20.3 Å². The van der Waals surface area contributed by atoms with E-state index in [0.29, 0.717) is 5.92 Å². The van der Waals surface area contributed by atoms with Gasteiger partial charge in [-0.25, -0.2) is 0 Å². The van der Waals surface area contributed by atoms with Gasteiger partial charge in [0.05, 0.1) is 6.54 Å². The maximum Gasteiger partial charge on any atom is 0.219 e. The van der Waals surface area contributed by atoms with Gasteiger partial charge in [0.15, 0.2) is 0 Å². The van der Waals surface area contributed by atoms with E-state index in [-0.39, 0.29) is 5.91 Å². The minimum atomic E-state index is 0.173. The molecule has 0 aliphatic carbocycles. The maximum absolute atomic E-state index is 10.8. The van der Waals surface area contributed by atoms with Crippen molar-refractivity contribution in [1.82, 2.24) is 4.90 Å². The van der Waals surface area contributed by atoms with E-state index >= 15 is 0 Å². The van der Waals surface area contributed by atoms with Crippen LogP contribution in [0.1, 0.15) is 26.7 Å². The molecule has 1 radical (unpaired) electrons. The van der Waals surface area contributed by atoms with E-state index in [4.69, 9.17) is 0 Å². The SMILES string of the molecule is CC(=O)N1[CH]CCC(C)C1. The zero-order valence-corrected chi connectivity index (χ0v) is 6.63. The van der Waals surface area contributed by atoms with E-state index in [1.54, 1.807) is 6.92 Å². The van der Waals surface area contributed by atoms with E-state index in [0.717, 1.165) is 13.0 Å². The molecule has 2 nitrogen and oxygen atoms in total. The fourth-order valence-corrected chi connectivity index (χ4v) is 1.27. The van der Waals surface area contributed by atoms with Crippen molar-refractivity contribution < 1.29 is 4.79 Å². The molecule has 0 aromatic carbocycles. The van der Waals surface area contributed by atoms with Crippen LogP contribution in [0.2, 0.25) is 0 Å². The molecule has 1 saturated heterocycles. The first-order valence-corrected chi connectivity index (χ1v) is 3.80. The Kier molecular flexibility index (Phi) is 2.30. The van der Waals surface area contributed by atoms with Gasteiger partial charge < -0.3 is 4.90 Å². The summed E-state index contributed by atoms with van der Waals surface area (Å²) >= 11 is 0. The zero-order chi connectivity index (χ0) is 7.56. The molecule has 0 spiro atoms. The molecule has 1 rings (SSSR count). The van der Waals surface area contributed by atoms with Crippen LogP contribution in [0.25, 0.3) is 0 Å². The zero-order valence-electron chi connectivity index (χ0n) is 6.63. The Bertz CT molecular complexity index is 133. The predicted octanol–water partition coefficient (Wildman–Crippen LogP) is 1.43. The second-order valence-corrected chi connectivity index (χ2v) is 3.04. The number of likely N-dealkylation sites (tertiary alicyclic amines) is 1. The molecule has 1 unspecified atom stereocenters. The Labute approximate surface area is 62.2 Å². The second-order valence-electron chi connectivity index (χ2n) is 3.04. The first-order valence-electron chi connectivity index (χ1n) is 3.80. The molecule has 1 atom stereocenters. The lowest BCUT2D eigenvalue weighted by Gasteiger charge is -2.29. The van der Waals surface area contributed by atoms with Crippen molar-refractivity contribution in [3.05, 3.63) is 6.54 Å². The average molecular weight is 140 g/mol. The van der Waals surface area contributed by atoms with Crippen LogP contribution in [0, 0.1) is 12.5 Å². The van der Waals surface area contributed by atoms with Crippen LogP contribution in [0.5, 0.6) is 0 Å². The van der Waals surface area contributed by atoms with Gasteiger partial charge in [0, 0.05) is 13.5 Å². The number of rotatable bonds is 0. The van der Waals surface area contributed by atoms with Crippen molar-refractivity contribution >= 4 is 5.91 Å². The van der Waals surface area contributed by atoms with E-state index in [1.807, 2.05) is 11.4 Å². The first kappa shape index (κ1) is 7.58. The third-order valence-corrected chi connectivity index (χ3v) is 1.92. The summed E-state index contributed by atoms with van der Waals surface area (Å²) < 4.78 is 0. The number of hydrogen-bond donors (Lipinski definition) is 0. The van der Waals surface area contributed by atoms with Crippen molar-refractivity contribution in [3.63, 3.8) is 0 Å². The molecule has 0 aromatic heterocycles. The van der Waals surface area contributed by atoms with E-state index in [1.165, 1.54) is 6.42 Å². The summed E-state index contributed by atoms with van der Waals surface area (Å²) in [5.74, 6) is 0.848. The maximum atomic E-state index is 10.8. The van der Waals surface area contributed by atoms with Crippen LogP contribution in [0.3, 0.4) is 0 Å². The van der Waals surface area contributed by atoms with Gasteiger partial charge in [-0.05, 0) is 18.8 Å². The van der Waals surface area contributed by atoms with Crippen molar-refractivity contribution in [3.8, 4) is 0 Å². The highest BCUT2D eigenvalue weighted by molar-refractivity contribution is 5.74. The highest BCUT2D eigenvalue weighted by atomic mass is 16.2. The van der Waals surface area contributed by atoms with E-state index < -0.39 is 0 Å². The Morgan fingerprint density at radius 1 is 1.70 bits per heavy atom. The summed E-state index contributed by atoms with van der Waals surface area (Å²) in [5, 5.41) is 0. The number of piperidine rings is 1. The summed E-state index contributed by atoms with van der Waals surface area (Å²) in [5.41, 5.74) is 0. The van der Waals surface area contributed by atoms with Crippen molar-refractivity contribution in [1.29, 1.82) is 0 Å². The van der Waals surface area contributed by atoms with Gasteiger partial charge in [0.1, 0.15) is 0 Å². The number of hydrogen-bond acceptors (Lipinski definition) is 1. The smallest absolute Gasteiger partial charge is 0.219 e. The lowest BCUT2D eigenvalue weighted by atomic mass is 10.0. The molecular formula is C8H14NO. The highest BCUT2D eigenvalue weighted by Crippen LogP contribution is 2.17. The van der Waals surface area contributed by atoms with Gasteiger partial charge >= 0.3 is 0 Å². The summed E-state index contributed by atoms with van der Waals surface area (Å²) in [7, 11) is 0. The molecule has 0 bridgehead atoms. The van der Waals surface area contributed by atoms with Crippen LogP contribution in [0.4, 0.5) is 0 Å². The molecular weight excluding hydrogens is 126 g/mol. The number of amides is 1. The Hall–Kier alpha value is -0.530. The van der Waals surface area contributed by atoms with Crippen molar-refractivity contribution in [2.24, 2.45) is 5.92 Å². The number of carbonyl (C=O) groups excluding carboxylic acids is 1. The standard InChI is InChI=1S/C8H14NO/c1-7-4-3-5-9(6-7)8(2)10/h5,7H,3-4,6H2,1-2H3. The summed E-state index contributed by atoms with van der Waals surface area (Å²) in [6.45, 7) is 6.72. The fraction of sp³-hybridized carbons (Fsp3) is 0.750. The van der Waals surface area contributed by atoms with Gasteiger partial charge in [-0.2, -0.15) is 0 Å². The lowest BCUT2D eigenvalue weighted by Crippen LogP contribution is -2.34. The monoisotopic (exact) mass is 140 g/mol. The summed E-state index contributed by atoms with van der Waals surface area (Å²) in [4.78, 5) is 12.7. The molecule has 1 heterocycles. The molecule has 1 amide bonds. The van der Waals surface area contributed by atoms with Crippen LogP contribution < -0.4 is 0 Å². The predicted molar refractivity (Wildman–Crippen MR) is 40.1 cm³/mol. The average Bonchev–Trinajstić information content (AvgIpc) is 1.88. The van der Waals surface area contributed by atoms with Crippen LogP contribution in [0.15, 0.2) is 0 Å². The third-order valence-electron chi connectivity index (χ3n) is 1.92. The molecule has 0 saturated carbocycles. The molecule has 57 valence electrons. The minimum Gasteiger partial charge on any atom is -0.338 e. The molecule has 0 N–H and O–H groups in total. The summed E-state index contributed by atoms with van der Waals surface area (Å²) in [6, 6.07) is 0. The van der Waals surface area contributed by atoms with Gasteiger partial charge in [0.25, 0.3) is 0 Å². The minimum absolute atomic E-state index is 0.173. The second kappa shape index (κ2) is 3.04. The van der Waals surface area contributed by atoms with Gasteiger partial charge in [-0.3, -0.25) is 4.79 Å². The largest absolute Gasteiger partial charge is 0.338 e. The van der Waals surface area contributed by atoms with E-state index in [2.05, 4.69) is 6.92 Å². The van der Waals surface area contributed by atoms with Crippen LogP contribution in [-0.4, -0.2) is 17.4 Å². The summed E-state index contributed by atoms with van der Waals surface area (Å²) in [6.07, 6.45) is 2.28. The normalized spacial score (nSPS) is 26.6. The quantitative estimate of drug-likeness (QED) is 0.498. The van der Waals surface area contributed by atoms with E-state index in [9.17, 15) is 4.79 Å². The fourth-order valence-electron chi connectivity index (χ4n) is 1.27. The Morgan fingerprint density at radius 2 is 2.40 bits per heavy atom. The Balaban J connectivity index is 2.39. The van der Waals surface area contributed by atoms with Gasteiger partial charge in [0.2, 0.25) is 5.91 Å². The Morgan fingerprint density at radius 3 is 2.80 bits per heavy atom. The van der Waals surface area contributed by atoms with Crippen molar-refractivity contribution in [2.45, 2.75) is 26.7 Å². The molecule has 2 heteroatoms. The van der Waals surface area contributed by atoms with Crippen molar-refractivity contribution in [2.75, 3.05) is 6.54 Å². The molecule has 1 fully saturated rings. The van der Waals surface area contributed by atoms with Crippen LogP contribution >= 0.6 is 0 Å². The van der Waals surface area contributed by atoms with Gasteiger partial charge in [-0.1, -0.05) is 6.92 Å².